The van der Waals surface area contributed by atoms with Gasteiger partial charge in [0.15, 0.2) is 5.69 Å². The van der Waals surface area contributed by atoms with Crippen LogP contribution in [-0.4, -0.2) is 44.0 Å². The second-order valence-corrected chi connectivity index (χ2v) is 7.25. The van der Waals surface area contributed by atoms with Crippen molar-refractivity contribution in [1.82, 2.24) is 30.3 Å². The number of amides is 1. The van der Waals surface area contributed by atoms with Gasteiger partial charge in [-0.05, 0) is 38.1 Å². The zero-order chi connectivity index (χ0) is 22.3. The van der Waals surface area contributed by atoms with Crippen molar-refractivity contribution in [3.8, 4) is 5.69 Å². The van der Waals surface area contributed by atoms with Crippen LogP contribution >= 0.6 is 0 Å². The van der Waals surface area contributed by atoms with E-state index in [0.29, 0.717) is 24.9 Å². The van der Waals surface area contributed by atoms with E-state index < -0.39 is 0 Å². The molecule has 162 valence electrons. The summed E-state index contributed by atoms with van der Waals surface area (Å²) in [7, 11) is 0. The Bertz CT molecular complexity index is 1190. The maximum Gasteiger partial charge on any atom is 0.273 e. The van der Waals surface area contributed by atoms with Gasteiger partial charge in [0.1, 0.15) is 5.82 Å². The van der Waals surface area contributed by atoms with Crippen LogP contribution in [-0.2, 0) is 0 Å². The molecule has 9 nitrogen and oxygen atoms in total. The minimum atomic E-state index is -0.291. The number of nitrogens with zero attached hydrogens (tertiary/aromatic N) is 5. The monoisotopic (exact) mass is 428 g/mol. The number of anilines is 3. The minimum absolute atomic E-state index is 0.255. The highest BCUT2D eigenvalue weighted by Gasteiger charge is 2.11. The van der Waals surface area contributed by atoms with Gasteiger partial charge >= 0.3 is 0 Å². The van der Waals surface area contributed by atoms with Crippen molar-refractivity contribution in [3.05, 3.63) is 83.8 Å². The Balaban J connectivity index is 1.29. The first kappa shape index (κ1) is 21.0. The van der Waals surface area contributed by atoms with Crippen LogP contribution in [0.5, 0.6) is 0 Å². The standard InChI is InChI=1S/C23H24N8O/c1-16-8-10-18(11-9-16)28-21-14-17(2)27-23(29-21)25-13-12-24-22(32)20-15-26-31(30-20)19-6-4-3-5-7-19/h3-11,14-15H,12-13H2,1-2H3,(H,24,32)(H2,25,27,28,29). The van der Waals surface area contributed by atoms with E-state index >= 15 is 0 Å². The molecule has 0 saturated heterocycles. The molecule has 0 radical (unpaired) electrons. The fraction of sp³-hybridized carbons (Fsp3) is 0.174. The first-order chi connectivity index (χ1) is 15.6. The van der Waals surface area contributed by atoms with Crippen LogP contribution in [0.15, 0.2) is 66.9 Å². The average molecular weight is 429 g/mol. The molecule has 0 aliphatic heterocycles. The molecule has 0 unspecified atom stereocenters. The zero-order valence-electron chi connectivity index (χ0n) is 17.9. The van der Waals surface area contributed by atoms with Gasteiger partial charge in [-0.3, -0.25) is 4.79 Å². The molecular weight excluding hydrogens is 404 g/mol. The van der Waals surface area contributed by atoms with Gasteiger partial charge in [-0.1, -0.05) is 35.9 Å². The van der Waals surface area contributed by atoms with Crippen molar-refractivity contribution in [2.24, 2.45) is 0 Å². The van der Waals surface area contributed by atoms with Gasteiger partial charge in [0.05, 0.1) is 11.9 Å². The van der Waals surface area contributed by atoms with Crippen molar-refractivity contribution < 1.29 is 4.79 Å². The third-order valence-electron chi connectivity index (χ3n) is 4.58. The predicted octanol–water partition coefficient (Wildman–Crippen LogP) is 3.26. The van der Waals surface area contributed by atoms with Crippen LogP contribution < -0.4 is 16.0 Å². The first-order valence-corrected chi connectivity index (χ1v) is 10.3. The summed E-state index contributed by atoms with van der Waals surface area (Å²) in [4.78, 5) is 22.7. The summed E-state index contributed by atoms with van der Waals surface area (Å²) in [5.74, 6) is 0.898. The average Bonchev–Trinajstić information content (AvgIpc) is 3.29. The van der Waals surface area contributed by atoms with Crippen molar-refractivity contribution in [2.75, 3.05) is 23.7 Å². The highest BCUT2D eigenvalue weighted by atomic mass is 16.2. The lowest BCUT2D eigenvalue weighted by Crippen LogP contribution is -2.29. The van der Waals surface area contributed by atoms with Crippen molar-refractivity contribution in [1.29, 1.82) is 0 Å². The Morgan fingerprint density at radius 2 is 1.75 bits per heavy atom. The van der Waals surface area contributed by atoms with Crippen LogP contribution in [0, 0.1) is 13.8 Å². The number of carbonyl (C=O) groups is 1. The van der Waals surface area contributed by atoms with Crippen LogP contribution in [0.1, 0.15) is 21.7 Å². The summed E-state index contributed by atoms with van der Waals surface area (Å²) in [6, 6.07) is 19.4. The maximum absolute atomic E-state index is 12.3. The van der Waals surface area contributed by atoms with Gasteiger partial charge in [-0.25, -0.2) is 4.98 Å². The summed E-state index contributed by atoms with van der Waals surface area (Å²) in [6.07, 6.45) is 1.45. The second kappa shape index (κ2) is 9.69. The second-order valence-electron chi connectivity index (χ2n) is 7.25. The lowest BCUT2D eigenvalue weighted by atomic mass is 10.2. The van der Waals surface area contributed by atoms with Gasteiger partial charge in [0.25, 0.3) is 5.91 Å². The van der Waals surface area contributed by atoms with E-state index in [0.717, 1.165) is 17.1 Å². The van der Waals surface area contributed by atoms with Crippen LogP contribution in [0.4, 0.5) is 17.5 Å². The third kappa shape index (κ3) is 5.45. The molecule has 0 atom stereocenters. The molecule has 2 heterocycles. The molecule has 0 bridgehead atoms. The molecule has 0 fully saturated rings. The number of para-hydroxylation sites is 1. The predicted molar refractivity (Wildman–Crippen MR) is 123 cm³/mol. The van der Waals surface area contributed by atoms with Gasteiger partial charge < -0.3 is 16.0 Å². The maximum atomic E-state index is 12.3. The van der Waals surface area contributed by atoms with E-state index in [-0.39, 0.29) is 11.6 Å². The number of nitrogens with one attached hydrogen (secondary N) is 3. The smallest absolute Gasteiger partial charge is 0.273 e. The highest BCUT2D eigenvalue weighted by Crippen LogP contribution is 2.17. The van der Waals surface area contributed by atoms with Crippen LogP contribution in [0.25, 0.3) is 5.69 Å². The number of carbonyl (C=O) groups excluding carboxylic acids is 1. The molecular formula is C23H24N8O. The third-order valence-corrected chi connectivity index (χ3v) is 4.58. The number of hydrogen-bond acceptors (Lipinski definition) is 7. The molecule has 3 N–H and O–H groups in total. The van der Waals surface area contributed by atoms with Gasteiger partial charge in [0, 0.05) is 30.5 Å². The number of aromatic nitrogens is 5. The summed E-state index contributed by atoms with van der Waals surface area (Å²) in [5, 5.41) is 17.6. The number of benzene rings is 2. The van der Waals surface area contributed by atoms with Crippen molar-refractivity contribution in [2.45, 2.75) is 13.8 Å². The Labute approximate surface area is 185 Å². The van der Waals surface area contributed by atoms with Gasteiger partial charge in [-0.2, -0.15) is 14.9 Å². The lowest BCUT2D eigenvalue weighted by Gasteiger charge is -2.10. The molecule has 9 heteroatoms. The largest absolute Gasteiger partial charge is 0.352 e. The Hall–Kier alpha value is -4.27. The fourth-order valence-electron chi connectivity index (χ4n) is 2.99. The summed E-state index contributed by atoms with van der Waals surface area (Å²) in [6.45, 7) is 4.80. The van der Waals surface area contributed by atoms with Gasteiger partial charge in [-0.15, -0.1) is 5.10 Å². The normalized spacial score (nSPS) is 10.6. The minimum Gasteiger partial charge on any atom is -0.352 e. The Morgan fingerprint density at radius 1 is 0.969 bits per heavy atom. The molecule has 0 spiro atoms. The van der Waals surface area contributed by atoms with E-state index in [4.69, 9.17) is 0 Å². The number of hydrogen-bond donors (Lipinski definition) is 3. The molecule has 4 rings (SSSR count). The van der Waals surface area contributed by atoms with E-state index in [1.165, 1.54) is 16.6 Å². The SMILES string of the molecule is Cc1ccc(Nc2cc(C)nc(NCCNC(=O)c3cnn(-c4ccccc4)n3)n2)cc1. The first-order valence-electron chi connectivity index (χ1n) is 10.3. The Morgan fingerprint density at radius 3 is 2.53 bits per heavy atom. The molecule has 4 aromatic rings. The van der Waals surface area contributed by atoms with Crippen LogP contribution in [0.3, 0.4) is 0 Å². The molecule has 2 aromatic carbocycles. The fourth-order valence-corrected chi connectivity index (χ4v) is 2.99. The number of rotatable bonds is 8. The van der Waals surface area contributed by atoms with Crippen molar-refractivity contribution in [3.63, 3.8) is 0 Å². The van der Waals surface area contributed by atoms with E-state index in [1.54, 1.807) is 0 Å². The molecule has 0 aliphatic carbocycles. The van der Waals surface area contributed by atoms with Crippen LogP contribution in [0.2, 0.25) is 0 Å². The van der Waals surface area contributed by atoms with Gasteiger partial charge in [0.2, 0.25) is 5.95 Å². The molecule has 0 saturated carbocycles. The summed E-state index contributed by atoms with van der Waals surface area (Å²) < 4.78 is 0. The summed E-state index contributed by atoms with van der Waals surface area (Å²) in [5.41, 5.74) is 4.03. The van der Waals surface area contributed by atoms with E-state index in [1.807, 2.05) is 74.5 Å². The highest BCUT2D eigenvalue weighted by molar-refractivity contribution is 5.91. The number of aryl methyl sites for hydroxylation is 2. The molecule has 2 aromatic heterocycles. The zero-order valence-corrected chi connectivity index (χ0v) is 17.9. The summed E-state index contributed by atoms with van der Waals surface area (Å²) >= 11 is 0. The van der Waals surface area contributed by atoms with E-state index in [2.05, 4.69) is 36.1 Å². The van der Waals surface area contributed by atoms with E-state index in [9.17, 15) is 4.79 Å². The topological polar surface area (TPSA) is 110 Å². The molecule has 32 heavy (non-hydrogen) atoms. The molecule has 1 amide bonds. The Kier molecular flexibility index (Phi) is 6.35. The van der Waals surface area contributed by atoms with Crippen molar-refractivity contribution >= 4 is 23.4 Å². The quantitative estimate of drug-likeness (QED) is 0.370. The lowest BCUT2D eigenvalue weighted by molar-refractivity contribution is 0.0949. The molecule has 0 aliphatic rings.